The van der Waals surface area contributed by atoms with Crippen LogP contribution in [0.25, 0.3) is 0 Å². The lowest BCUT2D eigenvalue weighted by Gasteiger charge is -2.39. The molecule has 0 heterocycles. The first-order chi connectivity index (χ1) is 10.1. The molecule has 0 fully saturated rings. The smallest absolute Gasteiger partial charge is 0.0178 e. The van der Waals surface area contributed by atoms with Crippen LogP contribution >= 0.6 is 0 Å². The van der Waals surface area contributed by atoms with Crippen LogP contribution in [-0.2, 0) is 0 Å². The highest BCUT2D eigenvalue weighted by Crippen LogP contribution is 2.28. The molecule has 0 radical (unpaired) electrons. The van der Waals surface area contributed by atoms with Gasteiger partial charge in [0, 0.05) is 12.1 Å². The Kier molecular flexibility index (Phi) is 13.2. The van der Waals surface area contributed by atoms with Crippen molar-refractivity contribution in [1.29, 1.82) is 0 Å². The number of hydrogen-bond acceptors (Lipinski definition) is 1. The number of unbranched alkanes of at least 4 members (excludes halogenated alkanes) is 7. The zero-order chi connectivity index (χ0) is 16.0. The zero-order valence-electron chi connectivity index (χ0n) is 15.4. The maximum atomic E-state index is 3.87. The largest absolute Gasteiger partial charge is 0.301 e. The Balaban J connectivity index is 4.25. The van der Waals surface area contributed by atoms with Crippen LogP contribution < -0.4 is 0 Å². The average Bonchev–Trinajstić information content (AvgIpc) is 2.49. The molecule has 0 aromatic rings. The van der Waals surface area contributed by atoms with E-state index < -0.39 is 0 Å². The average molecular weight is 296 g/mol. The van der Waals surface area contributed by atoms with Crippen LogP contribution in [0.2, 0.25) is 0 Å². The van der Waals surface area contributed by atoms with E-state index in [4.69, 9.17) is 0 Å². The number of hydrogen-bond donors (Lipinski definition) is 0. The van der Waals surface area contributed by atoms with Gasteiger partial charge in [0.1, 0.15) is 0 Å². The summed E-state index contributed by atoms with van der Waals surface area (Å²) in [5.41, 5.74) is 0.392. The predicted molar refractivity (Wildman–Crippen MR) is 98.0 cm³/mol. The highest BCUT2D eigenvalue weighted by Gasteiger charge is 2.27. The van der Waals surface area contributed by atoms with Crippen molar-refractivity contribution >= 4 is 0 Å². The highest BCUT2D eigenvalue weighted by atomic mass is 15.2. The van der Waals surface area contributed by atoms with Crippen molar-refractivity contribution in [3.05, 3.63) is 12.7 Å². The van der Waals surface area contributed by atoms with Crippen LogP contribution in [0.4, 0.5) is 0 Å². The summed E-state index contributed by atoms with van der Waals surface area (Å²) in [6.45, 7) is 12.1. The molecule has 0 aliphatic heterocycles. The topological polar surface area (TPSA) is 3.24 Å². The van der Waals surface area contributed by atoms with Crippen molar-refractivity contribution < 1.29 is 0 Å². The maximum absolute atomic E-state index is 3.87. The Hall–Kier alpha value is -0.300. The van der Waals surface area contributed by atoms with Gasteiger partial charge >= 0.3 is 0 Å². The molecule has 0 saturated carbocycles. The van der Waals surface area contributed by atoms with Gasteiger partial charge < -0.3 is 4.90 Å². The summed E-state index contributed by atoms with van der Waals surface area (Å²) in [6.07, 6.45) is 18.3. The second-order valence-electron chi connectivity index (χ2n) is 6.97. The molecule has 0 spiro atoms. The van der Waals surface area contributed by atoms with E-state index in [1.54, 1.807) is 0 Å². The summed E-state index contributed by atoms with van der Waals surface area (Å²) in [5, 5.41) is 0. The van der Waals surface area contributed by atoms with Gasteiger partial charge in [0.2, 0.25) is 0 Å². The highest BCUT2D eigenvalue weighted by molar-refractivity contribution is 4.85. The van der Waals surface area contributed by atoms with Crippen LogP contribution in [0, 0.1) is 0 Å². The molecule has 21 heavy (non-hydrogen) atoms. The minimum Gasteiger partial charge on any atom is -0.301 e. The first-order valence-corrected chi connectivity index (χ1v) is 9.42. The van der Waals surface area contributed by atoms with E-state index in [0.717, 1.165) is 13.0 Å². The van der Waals surface area contributed by atoms with E-state index in [-0.39, 0.29) is 0 Å². The Morgan fingerprint density at radius 3 is 1.81 bits per heavy atom. The van der Waals surface area contributed by atoms with E-state index in [0.29, 0.717) is 5.54 Å². The Morgan fingerprint density at radius 2 is 1.33 bits per heavy atom. The van der Waals surface area contributed by atoms with Crippen LogP contribution in [0.1, 0.15) is 97.8 Å². The first kappa shape index (κ1) is 20.7. The van der Waals surface area contributed by atoms with Gasteiger partial charge in [-0.3, -0.25) is 0 Å². The Morgan fingerprint density at radius 1 is 0.857 bits per heavy atom. The van der Waals surface area contributed by atoms with Gasteiger partial charge in [0.05, 0.1) is 0 Å². The van der Waals surface area contributed by atoms with Gasteiger partial charge in [0.25, 0.3) is 0 Å². The molecule has 0 saturated heterocycles. The van der Waals surface area contributed by atoms with E-state index in [1.165, 1.54) is 70.6 Å². The third kappa shape index (κ3) is 10.1. The summed E-state index contributed by atoms with van der Waals surface area (Å²) in [7, 11) is 2.31. The zero-order valence-corrected chi connectivity index (χ0v) is 15.4. The fraction of sp³-hybridized carbons (Fsp3) is 0.900. The molecule has 0 N–H and O–H groups in total. The van der Waals surface area contributed by atoms with Crippen molar-refractivity contribution in [2.45, 2.75) is 103 Å². The molecule has 1 nitrogen and oxygen atoms in total. The normalized spacial score (nSPS) is 14.3. The maximum Gasteiger partial charge on any atom is 0.0178 e. The minimum absolute atomic E-state index is 0.392. The SMILES string of the molecule is C=CCCN(C)C(C)(CCCCCC)CCCCCCC. The number of rotatable bonds is 15. The van der Waals surface area contributed by atoms with Gasteiger partial charge in [0.15, 0.2) is 0 Å². The molecule has 0 aromatic carbocycles. The fourth-order valence-electron chi connectivity index (χ4n) is 3.10. The molecular weight excluding hydrogens is 254 g/mol. The molecule has 1 unspecified atom stereocenters. The van der Waals surface area contributed by atoms with Gasteiger partial charge in [-0.15, -0.1) is 6.58 Å². The minimum atomic E-state index is 0.392. The summed E-state index contributed by atoms with van der Waals surface area (Å²) >= 11 is 0. The van der Waals surface area contributed by atoms with E-state index >= 15 is 0 Å². The predicted octanol–water partition coefficient (Wildman–Crippen LogP) is 6.58. The number of nitrogens with zero attached hydrogens (tertiary/aromatic N) is 1. The fourth-order valence-corrected chi connectivity index (χ4v) is 3.10. The van der Waals surface area contributed by atoms with Crippen molar-refractivity contribution in [1.82, 2.24) is 4.90 Å². The second-order valence-corrected chi connectivity index (χ2v) is 6.97. The molecule has 1 heteroatoms. The molecule has 0 bridgehead atoms. The van der Waals surface area contributed by atoms with Crippen molar-refractivity contribution in [3.63, 3.8) is 0 Å². The standard InChI is InChI=1S/C20H41N/c1-6-9-12-14-16-18-20(4,17-15-13-10-7-2)21(5)19-11-8-3/h8H,3,6-7,9-19H2,1-2,4-5H3. The van der Waals surface area contributed by atoms with Crippen LogP contribution in [0.5, 0.6) is 0 Å². The van der Waals surface area contributed by atoms with Gasteiger partial charge in [-0.2, -0.15) is 0 Å². The molecule has 126 valence electrons. The van der Waals surface area contributed by atoms with Gasteiger partial charge in [-0.25, -0.2) is 0 Å². The summed E-state index contributed by atoms with van der Waals surface area (Å²) < 4.78 is 0. The van der Waals surface area contributed by atoms with E-state index in [2.05, 4.69) is 45.4 Å². The third-order valence-electron chi connectivity index (χ3n) is 4.98. The monoisotopic (exact) mass is 295 g/mol. The van der Waals surface area contributed by atoms with Crippen LogP contribution in [-0.4, -0.2) is 24.0 Å². The van der Waals surface area contributed by atoms with E-state index in [1.807, 2.05) is 0 Å². The van der Waals surface area contributed by atoms with Gasteiger partial charge in [-0.1, -0.05) is 77.7 Å². The molecule has 0 amide bonds. The Labute approximate surface area is 135 Å². The van der Waals surface area contributed by atoms with Gasteiger partial charge in [-0.05, 0) is 33.2 Å². The lowest BCUT2D eigenvalue weighted by Crippen LogP contribution is -2.44. The second kappa shape index (κ2) is 13.4. The summed E-state index contributed by atoms with van der Waals surface area (Å²) in [5.74, 6) is 0. The lowest BCUT2D eigenvalue weighted by atomic mass is 9.86. The molecule has 0 aliphatic rings. The Bertz CT molecular complexity index is 236. The van der Waals surface area contributed by atoms with Crippen molar-refractivity contribution in [3.8, 4) is 0 Å². The quantitative estimate of drug-likeness (QED) is 0.243. The van der Waals surface area contributed by atoms with Crippen molar-refractivity contribution in [2.24, 2.45) is 0 Å². The van der Waals surface area contributed by atoms with E-state index in [9.17, 15) is 0 Å². The summed E-state index contributed by atoms with van der Waals surface area (Å²) in [6, 6.07) is 0. The summed E-state index contributed by atoms with van der Waals surface area (Å²) in [4.78, 5) is 2.60. The lowest BCUT2D eigenvalue weighted by molar-refractivity contribution is 0.111. The molecule has 0 aromatic heterocycles. The third-order valence-corrected chi connectivity index (χ3v) is 4.98. The van der Waals surface area contributed by atoms with Crippen LogP contribution in [0.3, 0.4) is 0 Å². The molecular formula is C20H41N. The first-order valence-electron chi connectivity index (χ1n) is 9.42. The van der Waals surface area contributed by atoms with Crippen molar-refractivity contribution in [2.75, 3.05) is 13.6 Å². The van der Waals surface area contributed by atoms with Crippen LogP contribution in [0.15, 0.2) is 12.7 Å². The molecule has 0 aliphatic carbocycles. The molecule has 1 atom stereocenters. The molecule has 0 rings (SSSR count).